The van der Waals surface area contributed by atoms with Gasteiger partial charge in [-0.05, 0) is 60.5 Å². The highest BCUT2D eigenvalue weighted by Crippen LogP contribution is 2.85. The molecule has 6 atom stereocenters. The van der Waals surface area contributed by atoms with Crippen LogP contribution in [-0.2, 0) is 20.2 Å². The Morgan fingerprint density at radius 3 is 2.02 bits per heavy atom. The summed E-state index contributed by atoms with van der Waals surface area (Å²) in [6.45, 7) is -0.0804. The number of sulfonamides is 1. The topological polar surface area (TPSA) is 103 Å². The largest absolute Gasteiger partial charge is 0.352 e. The van der Waals surface area contributed by atoms with Gasteiger partial charge < -0.3 is 0 Å². The number of benzene rings is 3. The van der Waals surface area contributed by atoms with Crippen molar-refractivity contribution in [2.75, 3.05) is 6.54 Å². The molecule has 0 N–H and O–H groups in total. The van der Waals surface area contributed by atoms with Crippen LogP contribution in [0.1, 0.15) is 24.1 Å². The van der Waals surface area contributed by atoms with Gasteiger partial charge in [-0.15, -0.1) is 0 Å². The molecule has 9 nitrogen and oxygen atoms in total. The van der Waals surface area contributed by atoms with Gasteiger partial charge in [0.15, 0.2) is 0 Å². The van der Waals surface area contributed by atoms with Crippen molar-refractivity contribution < 1.29 is 13.2 Å². The van der Waals surface area contributed by atoms with Crippen LogP contribution >= 0.6 is 47.8 Å². The van der Waals surface area contributed by atoms with Crippen molar-refractivity contribution in [2.45, 2.75) is 33.6 Å². The molecule has 6 unspecified atom stereocenters. The third kappa shape index (κ3) is 3.02. The van der Waals surface area contributed by atoms with E-state index in [0.29, 0.717) is 17.7 Å². The van der Waals surface area contributed by atoms with Crippen molar-refractivity contribution in [2.24, 2.45) is 11.3 Å². The monoisotopic (exact) mass is 774 g/mol. The summed E-state index contributed by atoms with van der Waals surface area (Å²) >= 11 is 10.6. The van der Waals surface area contributed by atoms with E-state index in [-0.39, 0.29) is 22.2 Å². The first-order valence-corrected chi connectivity index (χ1v) is 17.3. The Bertz CT molecular complexity index is 2040. The molecule has 3 aliphatic heterocycles. The van der Waals surface area contributed by atoms with E-state index < -0.39 is 50.2 Å². The van der Waals surface area contributed by atoms with Crippen molar-refractivity contribution in [3.63, 3.8) is 0 Å². The van der Waals surface area contributed by atoms with Crippen LogP contribution in [0, 0.1) is 11.3 Å². The molecular weight excluding hydrogens is 756 g/mol. The minimum Gasteiger partial charge on any atom is -0.273 e. The second kappa shape index (κ2) is 8.67. The highest BCUT2D eigenvalue weighted by Gasteiger charge is 2.93. The Kier molecular flexibility index (Phi) is 5.55. The minimum absolute atomic E-state index is 0.0166. The molecule has 9 rings (SSSR count). The molecule has 13 heteroatoms. The average molecular weight is 777 g/mol. The number of aromatic nitrogens is 3. The van der Waals surface area contributed by atoms with Crippen molar-refractivity contribution in [1.29, 1.82) is 0 Å². The van der Waals surface area contributed by atoms with E-state index in [9.17, 15) is 22.8 Å². The molecule has 2 saturated carbocycles. The molecule has 2 aliphatic carbocycles. The molecule has 1 aromatic heterocycles. The number of para-hydroxylation sites is 1. The van der Waals surface area contributed by atoms with Crippen LogP contribution in [0.25, 0.3) is 5.69 Å². The number of amides is 1. The fourth-order valence-corrected chi connectivity index (χ4v) is 11.1. The summed E-state index contributed by atoms with van der Waals surface area (Å²) < 4.78 is 34.7. The van der Waals surface area contributed by atoms with Crippen molar-refractivity contribution in [3.05, 3.63) is 114 Å². The van der Waals surface area contributed by atoms with Crippen LogP contribution in [0.3, 0.4) is 0 Å². The Morgan fingerprint density at radius 1 is 0.786 bits per heavy atom. The lowest BCUT2D eigenvalue weighted by atomic mass is 9.78. The number of alkyl halides is 1. The van der Waals surface area contributed by atoms with E-state index in [1.807, 2.05) is 30.3 Å². The molecule has 1 spiro atoms. The molecule has 0 radical (unpaired) electrons. The summed E-state index contributed by atoms with van der Waals surface area (Å²) in [6, 6.07) is 21.2. The first kappa shape index (κ1) is 26.9. The van der Waals surface area contributed by atoms with Gasteiger partial charge >= 0.3 is 11.4 Å². The summed E-state index contributed by atoms with van der Waals surface area (Å²) in [5.41, 5.74) is -1.95. The number of hydrogen-bond donors (Lipinski definition) is 0. The number of halogens is 3. The number of rotatable bonds is 4. The van der Waals surface area contributed by atoms with Crippen molar-refractivity contribution in [1.82, 2.24) is 18.2 Å². The normalized spacial score (nSPS) is 30.6. The van der Waals surface area contributed by atoms with Gasteiger partial charge in [-0.1, -0.05) is 78.1 Å². The highest BCUT2D eigenvalue weighted by atomic mass is 79.9. The van der Waals surface area contributed by atoms with Gasteiger partial charge in [0, 0.05) is 31.7 Å². The second-order valence-electron chi connectivity index (χ2n) is 11.3. The summed E-state index contributed by atoms with van der Waals surface area (Å²) in [4.78, 5) is 42.5. The summed E-state index contributed by atoms with van der Waals surface area (Å²) in [5.74, 6) is -0.904. The fraction of sp³-hybridized carbons (Fsp3) is 0.276. The van der Waals surface area contributed by atoms with E-state index in [1.165, 1.54) is 26.1 Å². The maximum absolute atomic E-state index is 14.7. The molecule has 4 heterocycles. The van der Waals surface area contributed by atoms with Gasteiger partial charge in [0.25, 0.3) is 10.0 Å². The standard InChI is InChI=1S/C29H21Br3N4O5S/c30-17-8-6-16(7-9-17)29-24-23-21(32)14-22(35-26(38)34(27(39)36(23)35)19-4-2-1-3-5-19)28(24,29)15-33(25(29)37)42(40,41)20-12-10-18(31)11-13-20/h1-13,21-24H,14-15H2. The molecule has 1 amide bonds. The highest BCUT2D eigenvalue weighted by molar-refractivity contribution is 9.10. The molecular formula is C29H21Br3N4O5S. The van der Waals surface area contributed by atoms with Crippen molar-refractivity contribution >= 4 is 63.7 Å². The number of piperidine rings is 1. The Hall–Kier alpha value is -2.74. The third-order valence-corrected chi connectivity index (χ3v) is 13.4. The second-order valence-corrected chi connectivity index (χ2v) is 16.2. The molecule has 5 aliphatic rings. The zero-order valence-corrected chi connectivity index (χ0v) is 27.2. The van der Waals surface area contributed by atoms with Crippen LogP contribution in [0.15, 0.2) is 102 Å². The lowest BCUT2D eigenvalue weighted by Gasteiger charge is -2.46. The molecule has 1 saturated heterocycles. The van der Waals surface area contributed by atoms with Crippen molar-refractivity contribution in [3.8, 4) is 5.69 Å². The zero-order valence-electron chi connectivity index (χ0n) is 21.6. The Morgan fingerprint density at radius 2 is 1.38 bits per heavy atom. The molecule has 2 bridgehead atoms. The molecule has 3 aromatic carbocycles. The van der Waals surface area contributed by atoms with Gasteiger partial charge in [-0.2, -0.15) is 0 Å². The lowest BCUT2D eigenvalue weighted by molar-refractivity contribution is -0.127. The maximum Gasteiger partial charge on any atom is 0.352 e. The third-order valence-electron chi connectivity index (χ3n) is 9.70. The zero-order chi connectivity index (χ0) is 29.3. The summed E-state index contributed by atoms with van der Waals surface area (Å²) in [6.07, 6.45) is 0.469. The van der Waals surface area contributed by atoms with Gasteiger partial charge in [0.2, 0.25) is 5.91 Å². The van der Waals surface area contributed by atoms with E-state index in [0.717, 1.165) is 13.3 Å². The van der Waals surface area contributed by atoms with Gasteiger partial charge in [-0.25, -0.2) is 36.2 Å². The van der Waals surface area contributed by atoms with E-state index in [4.69, 9.17) is 0 Å². The van der Waals surface area contributed by atoms with Crippen LogP contribution in [0.2, 0.25) is 0 Å². The van der Waals surface area contributed by atoms with E-state index in [1.54, 1.807) is 36.4 Å². The number of hydrogen-bond acceptors (Lipinski definition) is 5. The van der Waals surface area contributed by atoms with Crippen LogP contribution in [0.5, 0.6) is 0 Å². The van der Waals surface area contributed by atoms with Gasteiger partial charge in [0.05, 0.1) is 28.1 Å². The number of carbonyl (C=O) groups excluding carboxylic acids is 1. The summed E-state index contributed by atoms with van der Waals surface area (Å²) in [7, 11) is -4.20. The Labute approximate surface area is 265 Å². The molecule has 3 fully saturated rings. The number of fused-ring (bicyclic) bond motifs is 1. The Balaban J connectivity index is 1.36. The number of carbonyl (C=O) groups is 1. The van der Waals surface area contributed by atoms with Crippen LogP contribution in [-0.4, -0.2) is 43.9 Å². The molecule has 214 valence electrons. The number of nitrogens with zero attached hydrogens (tertiary/aromatic N) is 4. The predicted octanol–water partition coefficient (Wildman–Crippen LogP) is 4.37. The fourth-order valence-electron chi connectivity index (χ4n) is 8.21. The molecule has 42 heavy (non-hydrogen) atoms. The van der Waals surface area contributed by atoms with Crippen LogP contribution < -0.4 is 11.4 Å². The average Bonchev–Trinajstić information content (AvgIpc) is 3.40. The van der Waals surface area contributed by atoms with E-state index >= 15 is 0 Å². The predicted molar refractivity (Wildman–Crippen MR) is 164 cm³/mol. The smallest absolute Gasteiger partial charge is 0.273 e. The SMILES string of the molecule is O=C1N(S(=O)(=O)c2ccc(Br)cc2)CC23C4CC(Br)C(C2C13c1ccc(Br)cc1)n1c(=O)n(-c2ccccc2)c(=O)n14. The van der Waals surface area contributed by atoms with E-state index in [2.05, 4.69) is 47.8 Å². The maximum atomic E-state index is 14.7. The first-order valence-electron chi connectivity index (χ1n) is 13.3. The van der Waals surface area contributed by atoms with Crippen LogP contribution in [0.4, 0.5) is 0 Å². The molecule has 4 aromatic rings. The summed E-state index contributed by atoms with van der Waals surface area (Å²) in [5, 5.41) is 0. The minimum atomic E-state index is -4.20. The first-order chi connectivity index (χ1) is 20.1. The quantitative estimate of drug-likeness (QED) is 0.287. The van der Waals surface area contributed by atoms with Gasteiger partial charge in [0.1, 0.15) is 0 Å². The lowest BCUT2D eigenvalue weighted by Crippen LogP contribution is -2.54. The van der Waals surface area contributed by atoms with Gasteiger partial charge in [-0.3, -0.25) is 4.79 Å².